The first kappa shape index (κ1) is 13.7. The molecule has 0 aliphatic heterocycles. The Labute approximate surface area is 115 Å². The molecule has 0 fully saturated rings. The minimum Gasteiger partial charge on any atom is -0.497 e. The van der Waals surface area contributed by atoms with Crippen LogP contribution in [0.2, 0.25) is 0 Å². The number of aryl methyl sites for hydroxylation is 1. The zero-order valence-electron chi connectivity index (χ0n) is 11.5. The molecule has 0 bridgehead atoms. The minimum atomic E-state index is -0.266. The summed E-state index contributed by atoms with van der Waals surface area (Å²) in [6.45, 7) is 3.23. The van der Waals surface area contributed by atoms with Gasteiger partial charge >= 0.3 is 5.95 Å². The predicted molar refractivity (Wildman–Crippen MR) is 74.5 cm³/mol. The second-order valence-electron chi connectivity index (χ2n) is 4.24. The number of hydrogen-bond donors (Lipinski definition) is 3. The number of nitrogens with two attached hydrogens (primary N) is 1. The van der Waals surface area contributed by atoms with E-state index in [4.69, 9.17) is 10.5 Å². The molecule has 7 heteroatoms. The van der Waals surface area contributed by atoms with E-state index in [1.807, 2.05) is 25.1 Å². The number of carbonyl (C=O) groups excluding carboxylic acids is 1. The first-order chi connectivity index (χ1) is 9.49. The molecular weight excluding hydrogens is 258 g/mol. The fourth-order valence-corrected chi connectivity index (χ4v) is 1.78. The van der Waals surface area contributed by atoms with Crippen LogP contribution in [-0.2, 0) is 4.79 Å². The van der Waals surface area contributed by atoms with E-state index in [2.05, 4.69) is 20.3 Å². The fourth-order valence-electron chi connectivity index (χ4n) is 1.78. The topological polar surface area (TPSA) is 104 Å². The van der Waals surface area contributed by atoms with Crippen LogP contribution in [0, 0.1) is 6.92 Å². The highest BCUT2D eigenvalue weighted by Gasteiger charge is 2.10. The third-order valence-electron chi connectivity index (χ3n) is 2.65. The lowest BCUT2D eigenvalue weighted by Gasteiger charge is -2.02. The second kappa shape index (κ2) is 5.52. The van der Waals surface area contributed by atoms with Crippen molar-refractivity contribution in [2.24, 2.45) is 5.73 Å². The summed E-state index contributed by atoms with van der Waals surface area (Å²) in [7, 11) is 1.61. The van der Waals surface area contributed by atoms with Crippen LogP contribution in [0.5, 0.6) is 5.75 Å². The van der Waals surface area contributed by atoms with E-state index in [1.54, 1.807) is 7.11 Å². The Balaban J connectivity index is 2.45. The lowest BCUT2D eigenvalue weighted by Crippen LogP contribution is -2.74. The normalized spacial score (nSPS) is 11.4. The molecule has 0 aliphatic carbocycles. The highest BCUT2D eigenvalue weighted by molar-refractivity contribution is 5.92. The Morgan fingerprint density at radius 2 is 2.15 bits per heavy atom. The molecule has 4 N–H and O–H groups in total. The molecule has 0 saturated heterocycles. The summed E-state index contributed by atoms with van der Waals surface area (Å²) in [5.74, 6) is 0.891. The average molecular weight is 274 g/mol. The highest BCUT2D eigenvalue weighted by Crippen LogP contribution is 2.21. The van der Waals surface area contributed by atoms with Crippen molar-refractivity contribution in [1.29, 1.82) is 0 Å². The van der Waals surface area contributed by atoms with E-state index in [0.717, 1.165) is 22.3 Å². The molecule has 0 saturated carbocycles. The molecular formula is C13H16N5O2+. The first-order valence-corrected chi connectivity index (χ1v) is 5.99. The predicted octanol–water partition coefficient (Wildman–Crippen LogP) is -0.890. The van der Waals surface area contributed by atoms with E-state index in [-0.39, 0.29) is 11.9 Å². The molecule has 1 aromatic heterocycles. The van der Waals surface area contributed by atoms with Crippen molar-refractivity contribution >= 4 is 28.7 Å². The molecule has 1 aromatic carbocycles. The minimum absolute atomic E-state index is 0.0877. The number of benzene rings is 1. The number of aromatic nitrogens is 2. The molecule has 0 atom stereocenters. The summed E-state index contributed by atoms with van der Waals surface area (Å²) in [5.41, 5.74) is 7.16. The molecule has 0 aliphatic rings. The molecule has 20 heavy (non-hydrogen) atoms. The smallest absolute Gasteiger partial charge is 0.354 e. The van der Waals surface area contributed by atoms with E-state index in [0.29, 0.717) is 5.95 Å². The quantitative estimate of drug-likeness (QED) is 0.487. The van der Waals surface area contributed by atoms with Gasteiger partial charge in [-0.1, -0.05) is 0 Å². The van der Waals surface area contributed by atoms with Crippen molar-refractivity contribution < 1.29 is 14.5 Å². The van der Waals surface area contributed by atoms with Crippen molar-refractivity contribution in [2.45, 2.75) is 13.8 Å². The Bertz CT molecular complexity index is 696. The Kier molecular flexibility index (Phi) is 3.79. The Morgan fingerprint density at radius 3 is 2.80 bits per heavy atom. The van der Waals surface area contributed by atoms with Crippen LogP contribution in [0.25, 0.3) is 10.9 Å². The van der Waals surface area contributed by atoms with Crippen molar-refractivity contribution in [2.75, 3.05) is 7.11 Å². The molecule has 0 radical (unpaired) electrons. The van der Waals surface area contributed by atoms with Gasteiger partial charge in [-0.2, -0.15) is 0 Å². The second-order valence-corrected chi connectivity index (χ2v) is 4.24. The number of nitrogens with zero attached hydrogens (tertiary/aromatic N) is 2. The standard InChI is InChI=1S/C13H15N5O2/c1-7-10-6-9(20-3)4-5-11(10)17-13(15-7)18-12(14)16-8(2)19/h4-6H,1-3H3,(H3,14,15,16,17,18,19)/p+1. The van der Waals surface area contributed by atoms with Crippen molar-refractivity contribution in [3.8, 4) is 5.75 Å². The molecule has 7 nitrogen and oxygen atoms in total. The number of fused-ring (bicyclic) bond motifs is 1. The largest absolute Gasteiger partial charge is 0.497 e. The van der Waals surface area contributed by atoms with Crippen LogP contribution in [-0.4, -0.2) is 28.9 Å². The van der Waals surface area contributed by atoms with Gasteiger partial charge in [-0.3, -0.25) is 4.79 Å². The Morgan fingerprint density at radius 1 is 1.40 bits per heavy atom. The van der Waals surface area contributed by atoms with Crippen molar-refractivity contribution in [3.63, 3.8) is 0 Å². The van der Waals surface area contributed by atoms with Crippen LogP contribution in [0.4, 0.5) is 5.95 Å². The fraction of sp³-hybridized carbons (Fsp3) is 0.231. The van der Waals surface area contributed by atoms with Crippen LogP contribution >= 0.6 is 0 Å². The van der Waals surface area contributed by atoms with Gasteiger partial charge in [0.1, 0.15) is 11.3 Å². The number of hydrogen-bond acceptors (Lipinski definition) is 4. The van der Waals surface area contributed by atoms with Crippen molar-refractivity contribution in [1.82, 2.24) is 15.3 Å². The number of guanidine groups is 1. The number of amides is 1. The number of methoxy groups -OCH3 is 1. The first-order valence-electron chi connectivity index (χ1n) is 5.99. The molecule has 1 amide bonds. The van der Waals surface area contributed by atoms with Crippen LogP contribution < -0.4 is 20.8 Å². The molecule has 2 aromatic rings. The monoisotopic (exact) mass is 274 g/mol. The number of carbonyl (C=O) groups is 1. The van der Waals surface area contributed by atoms with Gasteiger partial charge in [0.15, 0.2) is 0 Å². The zero-order valence-corrected chi connectivity index (χ0v) is 11.5. The maximum atomic E-state index is 10.9. The Hall–Kier alpha value is -2.70. The molecule has 1 heterocycles. The lowest BCUT2D eigenvalue weighted by molar-refractivity contribution is -0.367. The average Bonchev–Trinajstić information content (AvgIpc) is 2.37. The van der Waals surface area contributed by atoms with E-state index >= 15 is 0 Å². The van der Waals surface area contributed by atoms with Gasteiger partial charge in [0.05, 0.1) is 12.8 Å². The highest BCUT2D eigenvalue weighted by atomic mass is 16.5. The van der Waals surface area contributed by atoms with Gasteiger partial charge < -0.3 is 10.5 Å². The lowest BCUT2D eigenvalue weighted by atomic mass is 10.2. The van der Waals surface area contributed by atoms with Crippen LogP contribution in [0.1, 0.15) is 12.6 Å². The van der Waals surface area contributed by atoms with Gasteiger partial charge in [-0.25, -0.2) is 10.3 Å². The molecule has 0 spiro atoms. The SMILES string of the molecule is COc1ccc2nc([NH+]=C(N)NC(C)=O)nc(C)c2c1. The summed E-state index contributed by atoms with van der Waals surface area (Å²) < 4.78 is 5.17. The number of nitrogens with one attached hydrogen (secondary N) is 2. The maximum absolute atomic E-state index is 10.9. The summed E-state index contributed by atoms with van der Waals surface area (Å²) in [4.78, 5) is 22.3. The summed E-state index contributed by atoms with van der Waals surface area (Å²) in [6.07, 6.45) is 0. The van der Waals surface area contributed by atoms with Crippen molar-refractivity contribution in [3.05, 3.63) is 23.9 Å². The molecule has 104 valence electrons. The third kappa shape index (κ3) is 3.00. The van der Waals surface area contributed by atoms with Gasteiger partial charge in [0.2, 0.25) is 0 Å². The van der Waals surface area contributed by atoms with E-state index in [1.165, 1.54) is 6.92 Å². The van der Waals surface area contributed by atoms with Gasteiger partial charge in [0, 0.05) is 12.3 Å². The van der Waals surface area contributed by atoms with Gasteiger partial charge in [-0.15, -0.1) is 9.97 Å². The van der Waals surface area contributed by atoms with Crippen LogP contribution in [0.15, 0.2) is 18.2 Å². The molecule has 0 unspecified atom stereocenters. The van der Waals surface area contributed by atoms with Gasteiger partial charge in [0.25, 0.3) is 11.9 Å². The maximum Gasteiger partial charge on any atom is 0.354 e. The summed E-state index contributed by atoms with van der Waals surface area (Å²) >= 11 is 0. The third-order valence-corrected chi connectivity index (χ3v) is 2.65. The van der Waals surface area contributed by atoms with E-state index in [9.17, 15) is 4.79 Å². The van der Waals surface area contributed by atoms with Crippen LogP contribution in [0.3, 0.4) is 0 Å². The van der Waals surface area contributed by atoms with Gasteiger partial charge in [-0.05, 0) is 25.1 Å². The summed E-state index contributed by atoms with van der Waals surface area (Å²) in [6, 6.07) is 5.53. The number of rotatable bonds is 2. The van der Waals surface area contributed by atoms with E-state index < -0.39 is 0 Å². The zero-order chi connectivity index (χ0) is 14.7. The summed E-state index contributed by atoms with van der Waals surface area (Å²) in [5, 5.41) is 3.32. The molecule has 2 rings (SSSR count). The number of ether oxygens (including phenoxy) is 1.